The molecule has 0 heterocycles. The summed E-state index contributed by atoms with van der Waals surface area (Å²) in [5.41, 5.74) is 10.2. The minimum Gasteiger partial charge on any atom is -0.480 e. The van der Waals surface area contributed by atoms with Crippen molar-refractivity contribution in [1.29, 1.82) is 0 Å². The topological polar surface area (TPSA) is 144 Å². The molecule has 3 amide bonds. The van der Waals surface area contributed by atoms with Gasteiger partial charge in [0.05, 0.1) is 6.04 Å². The largest absolute Gasteiger partial charge is 0.480 e. The van der Waals surface area contributed by atoms with Gasteiger partial charge in [0, 0.05) is 13.3 Å². The van der Waals surface area contributed by atoms with Crippen molar-refractivity contribution < 1.29 is 24.3 Å². The Kier molecular flexibility index (Phi) is 5.97. The van der Waals surface area contributed by atoms with E-state index in [9.17, 15) is 19.2 Å². The monoisotopic (exact) mass is 259 g/mol. The van der Waals surface area contributed by atoms with E-state index < -0.39 is 35.8 Å². The average Bonchev–Trinajstić information content (AvgIpc) is 2.21. The van der Waals surface area contributed by atoms with Gasteiger partial charge in [-0.15, -0.1) is 0 Å². The standard InChI is InChI=1S/C10H17N3O5/c1-5(11)9(16)13(6(2)14)7(10(17)18)3-4-8(12)15/h5,7H,3-4,11H2,1-2H3,(H2,12,15)(H,17,18). The van der Waals surface area contributed by atoms with Gasteiger partial charge < -0.3 is 16.6 Å². The molecule has 0 aliphatic rings. The maximum Gasteiger partial charge on any atom is 0.326 e. The fraction of sp³-hybridized carbons (Fsp3) is 0.600. The van der Waals surface area contributed by atoms with Crippen molar-refractivity contribution in [1.82, 2.24) is 4.90 Å². The molecule has 2 atom stereocenters. The van der Waals surface area contributed by atoms with E-state index in [2.05, 4.69) is 0 Å². The molecular formula is C10H17N3O5. The molecule has 0 aromatic heterocycles. The number of carbonyl (C=O) groups is 4. The van der Waals surface area contributed by atoms with E-state index in [1.165, 1.54) is 6.92 Å². The number of carboxylic acids is 1. The first kappa shape index (κ1) is 16.0. The van der Waals surface area contributed by atoms with Crippen LogP contribution in [0.4, 0.5) is 0 Å². The second-order valence-electron chi connectivity index (χ2n) is 3.87. The van der Waals surface area contributed by atoms with Gasteiger partial charge in [-0.2, -0.15) is 0 Å². The lowest BCUT2D eigenvalue weighted by Crippen LogP contribution is -2.53. The van der Waals surface area contributed by atoms with Gasteiger partial charge in [-0.3, -0.25) is 19.3 Å². The summed E-state index contributed by atoms with van der Waals surface area (Å²) >= 11 is 0. The average molecular weight is 259 g/mol. The Morgan fingerprint density at radius 3 is 2.06 bits per heavy atom. The van der Waals surface area contributed by atoms with Gasteiger partial charge >= 0.3 is 5.97 Å². The summed E-state index contributed by atoms with van der Waals surface area (Å²) in [6, 6.07) is -2.45. The maximum absolute atomic E-state index is 11.7. The van der Waals surface area contributed by atoms with Gasteiger partial charge in [-0.1, -0.05) is 0 Å². The van der Waals surface area contributed by atoms with Crippen molar-refractivity contribution >= 4 is 23.7 Å². The van der Waals surface area contributed by atoms with E-state index >= 15 is 0 Å². The van der Waals surface area contributed by atoms with Gasteiger partial charge in [-0.25, -0.2) is 4.79 Å². The first-order chi connectivity index (χ1) is 8.18. The molecular weight excluding hydrogens is 242 g/mol. The smallest absolute Gasteiger partial charge is 0.326 e. The Morgan fingerprint density at radius 2 is 1.78 bits per heavy atom. The van der Waals surface area contributed by atoms with Crippen LogP contribution in [0, 0.1) is 0 Å². The molecule has 8 heteroatoms. The van der Waals surface area contributed by atoms with Crippen molar-refractivity contribution in [3.63, 3.8) is 0 Å². The number of nitrogens with two attached hydrogens (primary N) is 2. The van der Waals surface area contributed by atoms with E-state index in [-0.39, 0.29) is 12.8 Å². The Labute approximate surface area is 104 Å². The zero-order chi connectivity index (χ0) is 14.5. The van der Waals surface area contributed by atoms with Crippen LogP contribution in [-0.2, 0) is 19.2 Å². The minimum absolute atomic E-state index is 0.233. The van der Waals surface area contributed by atoms with E-state index in [0.717, 1.165) is 6.92 Å². The van der Waals surface area contributed by atoms with Gasteiger partial charge in [0.2, 0.25) is 17.7 Å². The highest BCUT2D eigenvalue weighted by Gasteiger charge is 2.34. The van der Waals surface area contributed by atoms with Gasteiger partial charge in [0.1, 0.15) is 6.04 Å². The lowest BCUT2D eigenvalue weighted by molar-refractivity contribution is -0.158. The summed E-state index contributed by atoms with van der Waals surface area (Å²) in [6.07, 6.45) is -0.477. The predicted molar refractivity (Wildman–Crippen MR) is 61.0 cm³/mol. The summed E-state index contributed by atoms with van der Waals surface area (Å²) < 4.78 is 0. The lowest BCUT2D eigenvalue weighted by Gasteiger charge is -2.27. The number of nitrogens with zero attached hydrogens (tertiary/aromatic N) is 1. The molecule has 0 spiro atoms. The van der Waals surface area contributed by atoms with Crippen LogP contribution in [0.1, 0.15) is 26.7 Å². The Balaban J connectivity index is 5.12. The molecule has 0 aromatic rings. The Hall–Kier alpha value is -1.96. The van der Waals surface area contributed by atoms with Crippen LogP contribution in [0.5, 0.6) is 0 Å². The third kappa shape index (κ3) is 4.50. The highest BCUT2D eigenvalue weighted by Crippen LogP contribution is 2.10. The van der Waals surface area contributed by atoms with E-state index in [1.807, 2.05) is 0 Å². The molecule has 0 aliphatic heterocycles. The number of carboxylic acid groups (broad SMARTS) is 1. The molecule has 0 saturated heterocycles. The Bertz CT molecular complexity index is 367. The number of rotatable bonds is 6. The van der Waals surface area contributed by atoms with Gasteiger partial charge in [0.25, 0.3) is 0 Å². The molecule has 8 nitrogen and oxygen atoms in total. The summed E-state index contributed by atoms with van der Waals surface area (Å²) in [4.78, 5) is 45.3. The second kappa shape index (κ2) is 6.70. The van der Waals surface area contributed by atoms with Crippen molar-refractivity contribution in [2.45, 2.75) is 38.8 Å². The molecule has 0 aliphatic carbocycles. The fourth-order valence-electron chi connectivity index (χ4n) is 1.39. The zero-order valence-corrected chi connectivity index (χ0v) is 10.3. The molecule has 0 rings (SSSR count). The van der Waals surface area contributed by atoms with Crippen molar-refractivity contribution in [2.75, 3.05) is 0 Å². The summed E-state index contributed by atoms with van der Waals surface area (Å²) in [5, 5.41) is 9.00. The van der Waals surface area contributed by atoms with Gasteiger partial charge in [0.15, 0.2) is 0 Å². The van der Waals surface area contributed by atoms with Crippen LogP contribution in [0.2, 0.25) is 0 Å². The third-order valence-electron chi connectivity index (χ3n) is 2.23. The van der Waals surface area contributed by atoms with Crippen LogP contribution in [-0.4, -0.2) is 45.8 Å². The molecule has 18 heavy (non-hydrogen) atoms. The molecule has 2 unspecified atom stereocenters. The lowest BCUT2D eigenvalue weighted by atomic mass is 10.1. The maximum atomic E-state index is 11.7. The summed E-state index contributed by atoms with van der Waals surface area (Å²) in [6.45, 7) is 2.39. The number of aliphatic carboxylic acids is 1. The number of imide groups is 1. The van der Waals surface area contributed by atoms with Crippen LogP contribution in [0.3, 0.4) is 0 Å². The molecule has 102 valence electrons. The fourth-order valence-corrected chi connectivity index (χ4v) is 1.39. The highest BCUT2D eigenvalue weighted by molar-refractivity contribution is 6.00. The summed E-state index contributed by atoms with van der Waals surface area (Å²) in [5.74, 6) is -3.65. The molecule has 0 aromatic carbocycles. The first-order valence-electron chi connectivity index (χ1n) is 5.28. The second-order valence-corrected chi connectivity index (χ2v) is 3.87. The molecule has 0 fully saturated rings. The van der Waals surface area contributed by atoms with E-state index in [0.29, 0.717) is 4.90 Å². The van der Waals surface area contributed by atoms with Crippen molar-refractivity contribution in [2.24, 2.45) is 11.5 Å². The molecule has 5 N–H and O–H groups in total. The highest BCUT2D eigenvalue weighted by atomic mass is 16.4. The quantitative estimate of drug-likeness (QED) is 0.525. The number of hydrogen-bond donors (Lipinski definition) is 3. The minimum atomic E-state index is -1.44. The first-order valence-corrected chi connectivity index (χ1v) is 5.28. The third-order valence-corrected chi connectivity index (χ3v) is 2.23. The van der Waals surface area contributed by atoms with Crippen LogP contribution >= 0.6 is 0 Å². The van der Waals surface area contributed by atoms with Crippen LogP contribution < -0.4 is 11.5 Å². The van der Waals surface area contributed by atoms with Crippen molar-refractivity contribution in [3.8, 4) is 0 Å². The van der Waals surface area contributed by atoms with Crippen molar-refractivity contribution in [3.05, 3.63) is 0 Å². The Morgan fingerprint density at radius 1 is 1.28 bits per heavy atom. The molecule has 0 bridgehead atoms. The SMILES string of the molecule is CC(=O)N(C(=O)C(C)N)C(CCC(N)=O)C(=O)O. The number of primary amides is 1. The van der Waals surface area contributed by atoms with Gasteiger partial charge in [-0.05, 0) is 13.3 Å². The summed E-state index contributed by atoms with van der Waals surface area (Å²) in [7, 11) is 0. The predicted octanol–water partition coefficient (Wildman–Crippen LogP) is -1.57. The van der Waals surface area contributed by atoms with Crippen LogP contribution in [0.25, 0.3) is 0 Å². The van der Waals surface area contributed by atoms with E-state index in [4.69, 9.17) is 16.6 Å². The van der Waals surface area contributed by atoms with Crippen LogP contribution in [0.15, 0.2) is 0 Å². The molecule has 0 radical (unpaired) electrons. The zero-order valence-electron chi connectivity index (χ0n) is 10.3. The number of amides is 3. The van der Waals surface area contributed by atoms with E-state index in [1.54, 1.807) is 0 Å². The number of hydrogen-bond acceptors (Lipinski definition) is 5. The normalized spacial score (nSPS) is 13.5. The number of carbonyl (C=O) groups excluding carboxylic acids is 3. The molecule has 0 saturated carbocycles.